The van der Waals surface area contributed by atoms with Crippen molar-refractivity contribution in [3.05, 3.63) is 51.6 Å². The third kappa shape index (κ3) is 4.86. The highest BCUT2D eigenvalue weighted by molar-refractivity contribution is 7.99. The number of carbonyl (C=O) groups is 1. The summed E-state index contributed by atoms with van der Waals surface area (Å²) in [6, 6.07) is 9.32. The van der Waals surface area contributed by atoms with Gasteiger partial charge >= 0.3 is 5.69 Å². The van der Waals surface area contributed by atoms with Crippen LogP contribution in [0.25, 0.3) is 0 Å². The summed E-state index contributed by atoms with van der Waals surface area (Å²) in [7, 11) is 3.99. The number of carbonyl (C=O) groups excluding carboxylic acids is 1. The van der Waals surface area contributed by atoms with Crippen LogP contribution in [0.2, 0.25) is 0 Å². The van der Waals surface area contributed by atoms with E-state index >= 15 is 0 Å². The van der Waals surface area contributed by atoms with Crippen molar-refractivity contribution < 1.29 is 23.9 Å². The van der Waals surface area contributed by atoms with Gasteiger partial charge in [-0.05, 0) is 19.1 Å². The van der Waals surface area contributed by atoms with E-state index in [1.165, 1.54) is 33.0 Å². The van der Waals surface area contributed by atoms with Crippen LogP contribution in [-0.2, 0) is 0 Å². The summed E-state index contributed by atoms with van der Waals surface area (Å²) in [6.45, 7) is 2.35. The van der Waals surface area contributed by atoms with E-state index in [9.17, 15) is 14.9 Å². The number of methoxy groups -OCH3 is 3. The molecule has 1 amide bonds. The molecular weight excluding hydrogens is 384 g/mol. The van der Waals surface area contributed by atoms with Crippen LogP contribution in [0.1, 0.15) is 15.9 Å². The second-order valence-corrected chi connectivity index (χ2v) is 6.88. The largest absolute Gasteiger partial charge is 0.493 e. The van der Waals surface area contributed by atoms with Gasteiger partial charge in [0.1, 0.15) is 5.56 Å². The molecule has 0 heterocycles. The summed E-state index contributed by atoms with van der Waals surface area (Å²) in [4.78, 5) is 24.6. The zero-order valence-electron chi connectivity index (χ0n) is 16.1. The molecule has 0 unspecified atom stereocenters. The summed E-state index contributed by atoms with van der Waals surface area (Å²) < 4.78 is 15.5. The molecular formula is C19H22N2O6S. The first-order valence-corrected chi connectivity index (χ1v) is 9.36. The standard InChI is InChI=1S/C19H22N2O6S/c1-12-5-7-13(8-6-12)28-10-9-20-19(22)14-11-15(25-2)17(26-3)18(27-4)16(14)21(23)24/h5-8,11H,9-10H2,1-4H3,(H,20,22). The highest BCUT2D eigenvalue weighted by atomic mass is 32.2. The van der Waals surface area contributed by atoms with Crippen LogP contribution >= 0.6 is 11.8 Å². The molecule has 8 nitrogen and oxygen atoms in total. The number of thioether (sulfide) groups is 1. The minimum absolute atomic E-state index is 0.0585. The zero-order chi connectivity index (χ0) is 20.7. The van der Waals surface area contributed by atoms with E-state index in [1.807, 2.05) is 31.2 Å². The number of nitrogens with zero attached hydrogens (tertiary/aromatic N) is 1. The Morgan fingerprint density at radius 3 is 2.29 bits per heavy atom. The van der Waals surface area contributed by atoms with E-state index in [4.69, 9.17) is 14.2 Å². The van der Waals surface area contributed by atoms with E-state index < -0.39 is 16.5 Å². The fraction of sp³-hybridized carbons (Fsp3) is 0.316. The van der Waals surface area contributed by atoms with Crippen LogP contribution in [0.15, 0.2) is 35.2 Å². The highest BCUT2D eigenvalue weighted by Crippen LogP contribution is 2.46. The molecule has 28 heavy (non-hydrogen) atoms. The molecule has 0 spiro atoms. The number of nitro benzene ring substituents is 1. The number of nitrogens with one attached hydrogen (secondary N) is 1. The minimum Gasteiger partial charge on any atom is -0.493 e. The van der Waals surface area contributed by atoms with Gasteiger partial charge in [-0.2, -0.15) is 0 Å². The number of amides is 1. The minimum atomic E-state index is -0.670. The predicted octanol–water partition coefficient (Wildman–Crippen LogP) is 3.45. The Labute approximate surface area is 167 Å². The number of hydrogen-bond acceptors (Lipinski definition) is 7. The first-order valence-electron chi connectivity index (χ1n) is 8.38. The van der Waals surface area contributed by atoms with Gasteiger partial charge in [-0.1, -0.05) is 17.7 Å². The lowest BCUT2D eigenvalue weighted by atomic mass is 10.1. The van der Waals surface area contributed by atoms with Gasteiger partial charge in [-0.15, -0.1) is 11.8 Å². The van der Waals surface area contributed by atoms with Gasteiger partial charge in [0.25, 0.3) is 5.91 Å². The Hall–Kier alpha value is -2.94. The monoisotopic (exact) mass is 406 g/mol. The van der Waals surface area contributed by atoms with Crippen molar-refractivity contribution >= 4 is 23.4 Å². The molecule has 0 aliphatic heterocycles. The lowest BCUT2D eigenvalue weighted by Crippen LogP contribution is -2.26. The second-order valence-electron chi connectivity index (χ2n) is 5.72. The summed E-state index contributed by atoms with van der Waals surface area (Å²) in [5, 5.41) is 14.3. The van der Waals surface area contributed by atoms with Crippen LogP contribution in [0.3, 0.4) is 0 Å². The summed E-state index contributed by atoms with van der Waals surface area (Å²) in [5.41, 5.74) is 0.552. The molecule has 2 rings (SSSR count). The normalized spacial score (nSPS) is 10.3. The van der Waals surface area contributed by atoms with Crippen molar-refractivity contribution in [2.75, 3.05) is 33.6 Å². The topological polar surface area (TPSA) is 99.9 Å². The lowest BCUT2D eigenvalue weighted by molar-refractivity contribution is -0.386. The Morgan fingerprint density at radius 1 is 1.11 bits per heavy atom. The second kappa shape index (κ2) is 9.84. The number of ether oxygens (including phenoxy) is 3. The highest BCUT2D eigenvalue weighted by Gasteiger charge is 2.32. The van der Waals surface area contributed by atoms with Crippen molar-refractivity contribution in [3.8, 4) is 17.2 Å². The number of benzene rings is 2. The van der Waals surface area contributed by atoms with E-state index in [1.54, 1.807) is 11.8 Å². The van der Waals surface area contributed by atoms with Crippen molar-refractivity contribution in [1.29, 1.82) is 0 Å². The molecule has 1 N–H and O–H groups in total. The first-order chi connectivity index (χ1) is 13.4. The van der Waals surface area contributed by atoms with Crippen LogP contribution < -0.4 is 19.5 Å². The van der Waals surface area contributed by atoms with E-state index in [-0.39, 0.29) is 22.8 Å². The molecule has 0 aromatic heterocycles. The summed E-state index contributed by atoms with van der Waals surface area (Å²) >= 11 is 1.58. The Balaban J connectivity index is 2.17. The van der Waals surface area contributed by atoms with E-state index in [0.29, 0.717) is 12.3 Å². The van der Waals surface area contributed by atoms with E-state index in [2.05, 4.69) is 5.32 Å². The molecule has 2 aromatic rings. The fourth-order valence-electron chi connectivity index (χ4n) is 2.56. The maximum atomic E-state index is 12.6. The maximum Gasteiger partial charge on any atom is 0.327 e. The quantitative estimate of drug-likeness (QED) is 0.295. The van der Waals surface area contributed by atoms with Crippen LogP contribution in [0.4, 0.5) is 5.69 Å². The molecule has 0 saturated carbocycles. The molecule has 0 radical (unpaired) electrons. The molecule has 0 aliphatic carbocycles. The number of nitro groups is 1. The smallest absolute Gasteiger partial charge is 0.327 e. The van der Waals surface area contributed by atoms with Gasteiger partial charge in [0.15, 0.2) is 5.75 Å². The molecule has 0 atom stereocenters. The average Bonchev–Trinajstić information content (AvgIpc) is 2.70. The first kappa shape index (κ1) is 21.4. The van der Waals surface area contributed by atoms with Gasteiger partial charge in [0.2, 0.25) is 11.5 Å². The fourth-order valence-corrected chi connectivity index (χ4v) is 3.33. The third-order valence-corrected chi connectivity index (χ3v) is 4.92. The lowest BCUT2D eigenvalue weighted by Gasteiger charge is -2.14. The van der Waals surface area contributed by atoms with Crippen molar-refractivity contribution in [1.82, 2.24) is 5.32 Å². The Bertz CT molecular complexity index is 854. The van der Waals surface area contributed by atoms with Crippen LogP contribution in [0, 0.1) is 17.0 Å². The molecule has 0 bridgehead atoms. The van der Waals surface area contributed by atoms with Gasteiger partial charge in [-0.3, -0.25) is 14.9 Å². The summed E-state index contributed by atoms with van der Waals surface area (Å²) in [5.74, 6) is 0.0984. The van der Waals surface area contributed by atoms with E-state index in [0.717, 1.165) is 4.90 Å². The van der Waals surface area contributed by atoms with Crippen molar-refractivity contribution in [2.45, 2.75) is 11.8 Å². The Morgan fingerprint density at radius 2 is 1.75 bits per heavy atom. The zero-order valence-corrected chi connectivity index (χ0v) is 16.9. The molecule has 0 fully saturated rings. The number of hydrogen-bond donors (Lipinski definition) is 1. The number of aryl methyl sites for hydroxylation is 1. The Kier molecular flexibility index (Phi) is 7.51. The van der Waals surface area contributed by atoms with Crippen molar-refractivity contribution in [2.24, 2.45) is 0 Å². The SMILES string of the molecule is COc1cc(C(=O)NCCSc2ccc(C)cc2)c([N+](=O)[O-])c(OC)c1OC. The van der Waals surface area contributed by atoms with Crippen LogP contribution in [-0.4, -0.2) is 44.5 Å². The molecule has 150 valence electrons. The predicted molar refractivity (Wildman–Crippen MR) is 107 cm³/mol. The number of rotatable bonds is 9. The van der Waals surface area contributed by atoms with Gasteiger partial charge in [-0.25, -0.2) is 0 Å². The summed E-state index contributed by atoms with van der Waals surface area (Å²) in [6.07, 6.45) is 0. The molecule has 2 aromatic carbocycles. The van der Waals surface area contributed by atoms with Gasteiger partial charge in [0, 0.05) is 23.3 Å². The third-order valence-electron chi connectivity index (χ3n) is 3.91. The van der Waals surface area contributed by atoms with Gasteiger partial charge in [0.05, 0.1) is 26.3 Å². The van der Waals surface area contributed by atoms with Crippen LogP contribution in [0.5, 0.6) is 17.2 Å². The maximum absolute atomic E-state index is 12.6. The average molecular weight is 406 g/mol. The van der Waals surface area contributed by atoms with Crippen molar-refractivity contribution in [3.63, 3.8) is 0 Å². The molecule has 0 aliphatic rings. The molecule has 9 heteroatoms. The van der Waals surface area contributed by atoms with Gasteiger partial charge < -0.3 is 19.5 Å². The molecule has 0 saturated heterocycles.